The van der Waals surface area contributed by atoms with Crippen LogP contribution in [0.2, 0.25) is 0 Å². The second-order valence-corrected chi connectivity index (χ2v) is 8.46. The third kappa shape index (κ3) is 4.36. The number of hydrogen-bond acceptors (Lipinski definition) is 5. The Bertz CT molecular complexity index is 971. The van der Waals surface area contributed by atoms with Gasteiger partial charge in [0.05, 0.1) is 28.9 Å². The molecule has 0 aliphatic carbocycles. The van der Waals surface area contributed by atoms with Gasteiger partial charge in [-0.15, -0.1) is 0 Å². The molecule has 31 heavy (non-hydrogen) atoms. The van der Waals surface area contributed by atoms with E-state index in [0.29, 0.717) is 12.3 Å². The fraction of sp³-hybridized carbons (Fsp3) is 0.500. The highest BCUT2D eigenvalue weighted by atomic mass is 32.2. The Kier molecular flexibility index (Phi) is 7.17. The number of alkyl halides is 9. The van der Waals surface area contributed by atoms with E-state index in [2.05, 4.69) is 4.98 Å². The van der Waals surface area contributed by atoms with E-state index >= 15 is 0 Å². The van der Waals surface area contributed by atoms with Crippen molar-refractivity contribution in [3.05, 3.63) is 23.5 Å². The Balaban J connectivity index is 4.26. The number of pyridine rings is 1. The van der Waals surface area contributed by atoms with Gasteiger partial charge in [0.1, 0.15) is 11.2 Å². The van der Waals surface area contributed by atoms with Gasteiger partial charge in [-0.2, -0.15) is 39.5 Å². The van der Waals surface area contributed by atoms with Crippen LogP contribution in [-0.2, 0) is 20.6 Å². The molecule has 0 aliphatic rings. The van der Waals surface area contributed by atoms with Crippen molar-refractivity contribution in [1.29, 1.82) is 0 Å². The minimum absolute atomic E-state index is 0.0695. The Hall–Kier alpha value is -2.32. The number of hydrogen-bond donors (Lipinski definition) is 0. The van der Waals surface area contributed by atoms with Crippen molar-refractivity contribution in [1.82, 2.24) is 4.98 Å². The molecule has 0 radical (unpaired) electrons. The lowest BCUT2D eigenvalue weighted by Crippen LogP contribution is -2.60. The van der Waals surface area contributed by atoms with Crippen LogP contribution in [0.15, 0.2) is 17.2 Å². The summed E-state index contributed by atoms with van der Waals surface area (Å²) in [6.07, 6.45) is -5.90. The number of sulfone groups is 1. The highest BCUT2D eigenvalue weighted by Gasteiger charge is 2.82. The van der Waals surface area contributed by atoms with Crippen LogP contribution in [0.25, 0.3) is 6.08 Å². The summed E-state index contributed by atoms with van der Waals surface area (Å²) in [6, 6.07) is 0. The minimum atomic E-state index is -7.25. The van der Waals surface area contributed by atoms with Crippen molar-refractivity contribution in [3.63, 3.8) is 0 Å². The Morgan fingerprint density at radius 1 is 1.00 bits per heavy atom. The average Bonchev–Trinajstić information content (AvgIpc) is 2.63. The molecule has 0 aliphatic heterocycles. The van der Waals surface area contributed by atoms with Gasteiger partial charge >= 0.3 is 23.9 Å². The second kappa shape index (κ2) is 8.31. The van der Waals surface area contributed by atoms with Gasteiger partial charge < -0.3 is 4.90 Å². The lowest BCUT2D eigenvalue weighted by Gasteiger charge is -2.35. The molecule has 0 atom stereocenters. The maximum atomic E-state index is 14.8. The summed E-state index contributed by atoms with van der Waals surface area (Å²) in [5, 5.41) is 0. The van der Waals surface area contributed by atoms with Crippen LogP contribution in [0.3, 0.4) is 0 Å². The van der Waals surface area contributed by atoms with Crippen molar-refractivity contribution in [2.24, 2.45) is 0 Å². The van der Waals surface area contributed by atoms with Gasteiger partial charge in [0.2, 0.25) is 0 Å². The molecule has 15 heteroatoms. The van der Waals surface area contributed by atoms with Crippen LogP contribution in [0.4, 0.5) is 45.2 Å². The summed E-state index contributed by atoms with van der Waals surface area (Å²) in [5.74, 6) is -21.8. The van der Waals surface area contributed by atoms with Gasteiger partial charge in [0, 0.05) is 14.1 Å². The van der Waals surface area contributed by atoms with E-state index in [0.717, 1.165) is 25.9 Å². The zero-order valence-corrected chi connectivity index (χ0v) is 16.8. The van der Waals surface area contributed by atoms with Gasteiger partial charge in [-0.1, -0.05) is 6.92 Å². The Labute approximate surface area is 170 Å². The van der Waals surface area contributed by atoms with Crippen molar-refractivity contribution < 1.29 is 52.7 Å². The predicted molar refractivity (Wildman–Crippen MR) is 91.2 cm³/mol. The Morgan fingerprint density at radius 2 is 1.52 bits per heavy atom. The summed E-state index contributed by atoms with van der Waals surface area (Å²) in [7, 11) is -2.79. The highest BCUT2D eigenvalue weighted by molar-refractivity contribution is 7.91. The van der Waals surface area contributed by atoms with Gasteiger partial charge in [0.15, 0.2) is 9.84 Å². The van der Waals surface area contributed by atoms with E-state index in [9.17, 15) is 52.7 Å². The van der Waals surface area contributed by atoms with Crippen molar-refractivity contribution in [2.45, 2.75) is 35.8 Å². The first kappa shape index (κ1) is 26.7. The summed E-state index contributed by atoms with van der Waals surface area (Å²) in [4.78, 5) is 13.0. The van der Waals surface area contributed by atoms with Gasteiger partial charge in [0.25, 0.3) is 0 Å². The van der Waals surface area contributed by atoms with Crippen LogP contribution in [0, 0.1) is 0 Å². The minimum Gasteiger partial charge on any atom is -0.375 e. The van der Waals surface area contributed by atoms with Gasteiger partial charge in [-0.3, -0.25) is 9.78 Å². The first-order chi connectivity index (χ1) is 13.8. The smallest absolute Gasteiger partial charge is 0.375 e. The normalized spacial score (nSPS) is 14.2. The molecule has 0 bridgehead atoms. The van der Waals surface area contributed by atoms with E-state index < -0.39 is 61.4 Å². The predicted octanol–water partition coefficient (Wildman–Crippen LogP) is 4.08. The third-order valence-electron chi connectivity index (χ3n) is 4.01. The zero-order valence-electron chi connectivity index (χ0n) is 15.9. The lowest BCUT2D eigenvalue weighted by atomic mass is 9.94. The van der Waals surface area contributed by atoms with Crippen LogP contribution in [0.1, 0.15) is 18.2 Å². The molecule has 0 N–H and O–H groups in total. The van der Waals surface area contributed by atoms with E-state index in [4.69, 9.17) is 0 Å². The molecule has 0 fully saturated rings. The molecule has 1 aromatic rings. The summed E-state index contributed by atoms with van der Waals surface area (Å²) >= 11 is 0. The number of aromatic nitrogens is 1. The number of aldehydes is 1. The van der Waals surface area contributed by atoms with E-state index in [1.165, 1.54) is 0 Å². The molecule has 0 saturated carbocycles. The van der Waals surface area contributed by atoms with Crippen molar-refractivity contribution >= 4 is 27.9 Å². The molecule has 5 nitrogen and oxygen atoms in total. The largest absolute Gasteiger partial charge is 0.460 e. The molecular formula is C16H15F9N2O3S. The second-order valence-electron chi connectivity index (χ2n) is 6.25. The number of halogens is 9. The SMILES string of the molecule is CCS(=O)(=O)c1c(N(C)C)cnc(/C=C/C=O)c1C(F)(F)C(F)(F)C(F)(F)C(F)(F)F. The maximum Gasteiger partial charge on any atom is 0.460 e. The van der Waals surface area contributed by atoms with Crippen LogP contribution in [-0.4, -0.2) is 57.6 Å². The molecule has 0 saturated heterocycles. The molecule has 1 heterocycles. The standard InChI is InChI=1S/C16H15F9N2O3S/c1-4-31(29,30)12-10(27(2)3)8-26-9(6-5-7-28)11(12)13(17,18)14(19,20)15(21,22)16(23,24)25/h5-8H,4H2,1-3H3/b6-5+. The molecule has 0 amide bonds. The topological polar surface area (TPSA) is 67.3 Å². The number of nitrogens with zero attached hydrogens (tertiary/aromatic N) is 2. The van der Waals surface area contributed by atoms with E-state index in [1.807, 2.05) is 0 Å². The van der Waals surface area contributed by atoms with Crippen molar-refractivity contribution in [2.75, 3.05) is 24.7 Å². The average molecular weight is 486 g/mol. The molecule has 0 spiro atoms. The number of anilines is 1. The fourth-order valence-corrected chi connectivity index (χ4v) is 3.75. The van der Waals surface area contributed by atoms with Crippen LogP contribution >= 0.6 is 0 Å². The Morgan fingerprint density at radius 3 is 1.90 bits per heavy atom. The molecular weight excluding hydrogens is 471 g/mol. The van der Waals surface area contributed by atoms with Gasteiger partial charge in [-0.25, -0.2) is 8.42 Å². The molecule has 1 rings (SSSR count). The molecule has 0 unspecified atom stereocenters. The third-order valence-corrected chi connectivity index (χ3v) is 5.80. The van der Waals surface area contributed by atoms with Crippen molar-refractivity contribution in [3.8, 4) is 0 Å². The monoisotopic (exact) mass is 486 g/mol. The molecule has 176 valence electrons. The van der Waals surface area contributed by atoms with Crippen LogP contribution in [0.5, 0.6) is 0 Å². The summed E-state index contributed by atoms with van der Waals surface area (Å²) < 4.78 is 147. The molecule has 1 aromatic heterocycles. The van der Waals surface area contributed by atoms with E-state index in [-0.39, 0.29) is 12.4 Å². The van der Waals surface area contributed by atoms with Gasteiger partial charge in [-0.05, 0) is 12.2 Å². The number of carbonyl (C=O) groups is 1. The first-order valence-electron chi connectivity index (χ1n) is 8.06. The highest BCUT2D eigenvalue weighted by Crippen LogP contribution is 2.58. The quantitative estimate of drug-likeness (QED) is 0.315. The summed E-state index contributed by atoms with van der Waals surface area (Å²) in [6.45, 7) is 0.903. The lowest BCUT2D eigenvalue weighted by molar-refractivity contribution is -0.400. The maximum absolute atomic E-state index is 14.8. The summed E-state index contributed by atoms with van der Waals surface area (Å²) in [5.41, 5.74) is -4.58. The molecule has 0 aromatic carbocycles. The fourth-order valence-electron chi connectivity index (χ4n) is 2.37. The number of rotatable bonds is 8. The number of allylic oxidation sites excluding steroid dienone is 1. The van der Waals surface area contributed by atoms with Crippen LogP contribution < -0.4 is 4.90 Å². The zero-order chi connectivity index (χ0) is 24.6. The number of carbonyl (C=O) groups excluding carboxylic acids is 1. The van der Waals surface area contributed by atoms with E-state index in [1.54, 1.807) is 0 Å². The first-order valence-corrected chi connectivity index (χ1v) is 9.72.